The Morgan fingerprint density at radius 3 is 2.88 bits per heavy atom. The molecule has 1 aromatic carbocycles. The summed E-state index contributed by atoms with van der Waals surface area (Å²) >= 11 is 3.10. The third-order valence-corrected chi connectivity index (χ3v) is 2.37. The number of nitrogens with zero attached hydrogens (tertiary/aromatic N) is 3. The molecule has 0 heterocycles. The maximum atomic E-state index is 13.1. The van der Waals surface area contributed by atoms with E-state index in [-0.39, 0.29) is 6.54 Å². The molecule has 1 amide bonds. The van der Waals surface area contributed by atoms with Crippen molar-refractivity contribution < 1.29 is 14.3 Å². The molecule has 17 heavy (non-hydrogen) atoms. The van der Waals surface area contributed by atoms with Crippen LogP contribution in [0.2, 0.25) is 0 Å². The second kappa shape index (κ2) is 6.07. The monoisotopic (exact) mass is 302 g/mol. The van der Waals surface area contributed by atoms with Gasteiger partial charge in [-0.15, -0.1) is 0 Å². The lowest BCUT2D eigenvalue weighted by Crippen LogP contribution is -2.28. The number of carboxylic acid groups (broad SMARTS) is 1. The van der Waals surface area contributed by atoms with E-state index < -0.39 is 18.0 Å². The zero-order valence-corrected chi connectivity index (χ0v) is 10.1. The van der Waals surface area contributed by atoms with Crippen molar-refractivity contribution >= 4 is 22.0 Å². The summed E-state index contributed by atoms with van der Waals surface area (Å²) in [4.78, 5) is 13.1. The first-order chi connectivity index (χ1) is 8.02. The van der Waals surface area contributed by atoms with Crippen molar-refractivity contribution in [3.63, 3.8) is 0 Å². The van der Waals surface area contributed by atoms with E-state index in [0.29, 0.717) is 10.0 Å². The fourth-order valence-corrected chi connectivity index (χ4v) is 1.76. The van der Waals surface area contributed by atoms with E-state index >= 15 is 0 Å². The lowest BCUT2D eigenvalue weighted by molar-refractivity contribution is 0.190. The van der Waals surface area contributed by atoms with Gasteiger partial charge in [-0.1, -0.05) is 21.0 Å². The Bertz CT molecular complexity index is 452. The van der Waals surface area contributed by atoms with Crippen molar-refractivity contribution in [2.75, 3.05) is 6.54 Å². The molecule has 0 aliphatic heterocycles. The van der Waals surface area contributed by atoms with E-state index in [2.05, 4.69) is 31.3 Å². The van der Waals surface area contributed by atoms with Crippen LogP contribution in [-0.2, 0) is 0 Å². The second-order valence-electron chi connectivity index (χ2n) is 3.12. The minimum atomic E-state index is -1.27. The van der Waals surface area contributed by atoms with E-state index in [1.165, 1.54) is 12.1 Å². The van der Waals surface area contributed by atoms with Crippen molar-refractivity contribution in [1.29, 1.82) is 0 Å². The van der Waals surface area contributed by atoms with Gasteiger partial charge in [0.1, 0.15) is 5.82 Å². The molecule has 0 radical (unpaired) electrons. The Morgan fingerprint density at radius 1 is 1.65 bits per heavy atom. The van der Waals surface area contributed by atoms with Gasteiger partial charge < -0.3 is 10.4 Å². The lowest BCUT2D eigenvalue weighted by Gasteiger charge is -2.15. The Balaban J connectivity index is 3.01. The molecular formula is C9H8BrFN4O2. The van der Waals surface area contributed by atoms with E-state index in [1.54, 1.807) is 6.07 Å². The highest BCUT2D eigenvalue weighted by Crippen LogP contribution is 2.20. The van der Waals surface area contributed by atoms with Crippen molar-refractivity contribution in [2.45, 2.75) is 6.04 Å². The summed E-state index contributed by atoms with van der Waals surface area (Å²) in [6.07, 6.45) is -1.27. The zero-order valence-electron chi connectivity index (χ0n) is 8.47. The number of azide groups is 1. The van der Waals surface area contributed by atoms with Gasteiger partial charge in [0.25, 0.3) is 0 Å². The van der Waals surface area contributed by atoms with Crippen LogP contribution in [0.1, 0.15) is 11.6 Å². The van der Waals surface area contributed by atoms with Gasteiger partial charge in [-0.2, -0.15) is 0 Å². The molecule has 8 heteroatoms. The molecule has 90 valence electrons. The summed E-state index contributed by atoms with van der Waals surface area (Å²) in [6.45, 7) is -0.126. The van der Waals surface area contributed by atoms with Crippen molar-refractivity contribution in [3.05, 3.63) is 44.5 Å². The summed E-state index contributed by atoms with van der Waals surface area (Å²) in [5.74, 6) is -0.507. The quantitative estimate of drug-likeness (QED) is 0.507. The molecule has 1 unspecified atom stereocenters. The highest BCUT2D eigenvalue weighted by molar-refractivity contribution is 9.10. The SMILES string of the molecule is [N-]=[N+]=NCC(NC(=O)O)c1cc(F)cc(Br)c1. The van der Waals surface area contributed by atoms with E-state index in [0.717, 1.165) is 0 Å². The maximum Gasteiger partial charge on any atom is 0.405 e. The van der Waals surface area contributed by atoms with Crippen molar-refractivity contribution in [3.8, 4) is 0 Å². The van der Waals surface area contributed by atoms with Gasteiger partial charge in [0, 0.05) is 9.38 Å². The van der Waals surface area contributed by atoms with Crippen LogP contribution >= 0.6 is 15.9 Å². The highest BCUT2D eigenvalue weighted by atomic mass is 79.9. The topological polar surface area (TPSA) is 98.1 Å². The van der Waals surface area contributed by atoms with E-state index in [1.807, 2.05) is 0 Å². The Kier molecular flexibility index (Phi) is 4.74. The van der Waals surface area contributed by atoms with Crippen LogP contribution in [-0.4, -0.2) is 17.7 Å². The highest BCUT2D eigenvalue weighted by Gasteiger charge is 2.14. The minimum Gasteiger partial charge on any atom is -0.465 e. The predicted octanol–water partition coefficient (Wildman–Crippen LogP) is 3.21. The summed E-state index contributed by atoms with van der Waals surface area (Å²) < 4.78 is 13.6. The van der Waals surface area contributed by atoms with Crippen LogP contribution in [0.5, 0.6) is 0 Å². The molecule has 1 rings (SSSR count). The molecule has 0 aromatic heterocycles. The third-order valence-electron chi connectivity index (χ3n) is 1.91. The van der Waals surface area contributed by atoms with Crippen LogP contribution in [0.15, 0.2) is 27.8 Å². The largest absolute Gasteiger partial charge is 0.465 e. The van der Waals surface area contributed by atoms with Gasteiger partial charge in [0.15, 0.2) is 0 Å². The molecule has 0 aliphatic rings. The Morgan fingerprint density at radius 2 is 2.35 bits per heavy atom. The fraction of sp³-hybridized carbons (Fsp3) is 0.222. The summed E-state index contributed by atoms with van der Waals surface area (Å²) in [5.41, 5.74) is 8.59. The number of benzene rings is 1. The van der Waals surface area contributed by atoms with E-state index in [4.69, 9.17) is 10.6 Å². The first-order valence-corrected chi connectivity index (χ1v) is 5.28. The number of hydrogen-bond donors (Lipinski definition) is 2. The van der Waals surface area contributed by atoms with Crippen LogP contribution < -0.4 is 5.32 Å². The number of halogens is 2. The van der Waals surface area contributed by atoms with Gasteiger partial charge in [-0.05, 0) is 29.3 Å². The van der Waals surface area contributed by atoms with Gasteiger partial charge >= 0.3 is 6.09 Å². The number of carbonyl (C=O) groups is 1. The van der Waals surface area contributed by atoms with Gasteiger partial charge in [-0.25, -0.2) is 9.18 Å². The van der Waals surface area contributed by atoms with Crippen LogP contribution in [0, 0.1) is 5.82 Å². The molecule has 0 saturated heterocycles. The maximum absolute atomic E-state index is 13.1. The molecule has 0 aliphatic carbocycles. The zero-order chi connectivity index (χ0) is 12.8. The minimum absolute atomic E-state index is 0.126. The van der Waals surface area contributed by atoms with Crippen molar-refractivity contribution in [2.24, 2.45) is 5.11 Å². The lowest BCUT2D eigenvalue weighted by atomic mass is 10.1. The van der Waals surface area contributed by atoms with Crippen LogP contribution in [0.4, 0.5) is 9.18 Å². The van der Waals surface area contributed by atoms with Crippen molar-refractivity contribution in [1.82, 2.24) is 5.32 Å². The molecule has 2 N–H and O–H groups in total. The second-order valence-corrected chi connectivity index (χ2v) is 4.03. The first kappa shape index (κ1) is 13.3. The normalized spacial score (nSPS) is 11.4. The predicted molar refractivity (Wildman–Crippen MR) is 62.0 cm³/mol. The molecule has 6 nitrogen and oxygen atoms in total. The fourth-order valence-electron chi connectivity index (χ4n) is 1.28. The molecule has 0 fully saturated rings. The van der Waals surface area contributed by atoms with Crippen LogP contribution in [0.3, 0.4) is 0 Å². The molecule has 0 bridgehead atoms. The summed E-state index contributed by atoms with van der Waals surface area (Å²) in [7, 11) is 0. The average molecular weight is 303 g/mol. The molecular weight excluding hydrogens is 295 g/mol. The average Bonchev–Trinajstić information content (AvgIpc) is 2.22. The first-order valence-electron chi connectivity index (χ1n) is 4.49. The molecule has 1 aromatic rings. The number of nitrogens with one attached hydrogen (secondary N) is 1. The number of hydrogen-bond acceptors (Lipinski definition) is 2. The van der Waals surface area contributed by atoms with E-state index in [9.17, 15) is 9.18 Å². The van der Waals surface area contributed by atoms with Gasteiger partial charge in [-0.3, -0.25) is 0 Å². The Labute approximate surface area is 104 Å². The smallest absolute Gasteiger partial charge is 0.405 e. The summed E-state index contributed by atoms with van der Waals surface area (Å²) in [5, 5.41) is 14.1. The Hall–Kier alpha value is -1.79. The molecule has 0 spiro atoms. The molecule has 0 saturated carbocycles. The number of amides is 1. The van der Waals surface area contributed by atoms with Gasteiger partial charge in [0.05, 0.1) is 12.6 Å². The van der Waals surface area contributed by atoms with Crippen LogP contribution in [0.25, 0.3) is 10.4 Å². The molecule has 1 atom stereocenters. The standard InChI is InChI=1S/C9H8BrFN4O2/c10-6-1-5(2-7(11)3-6)8(4-13-15-12)14-9(16)17/h1-3,8,14H,4H2,(H,16,17). The summed E-state index contributed by atoms with van der Waals surface area (Å²) in [6, 6.07) is 3.19. The third kappa shape index (κ3) is 4.29. The number of rotatable bonds is 4. The van der Waals surface area contributed by atoms with Gasteiger partial charge in [0.2, 0.25) is 0 Å².